The van der Waals surface area contributed by atoms with Gasteiger partial charge in [0.2, 0.25) is 0 Å². The van der Waals surface area contributed by atoms with E-state index in [1.807, 2.05) is 24.5 Å². The second-order valence-corrected chi connectivity index (χ2v) is 7.16. The summed E-state index contributed by atoms with van der Waals surface area (Å²) in [7, 11) is 0. The molecule has 1 aliphatic heterocycles. The Morgan fingerprint density at radius 3 is 3.16 bits per heavy atom. The molecule has 4 rings (SSSR count). The minimum Gasteiger partial charge on any atom is -0.490 e. The van der Waals surface area contributed by atoms with Crippen molar-refractivity contribution in [3.05, 3.63) is 58.7 Å². The van der Waals surface area contributed by atoms with Crippen LogP contribution in [-0.2, 0) is 13.0 Å². The lowest BCUT2D eigenvalue weighted by Gasteiger charge is -2.08. The van der Waals surface area contributed by atoms with Gasteiger partial charge in [-0.15, -0.1) is 11.3 Å². The molecule has 0 bridgehead atoms. The molecular formula is C20H18N2O2S. The third kappa shape index (κ3) is 3.32. The number of imidazole rings is 1. The molecule has 1 aliphatic rings. The molecule has 5 heteroatoms. The van der Waals surface area contributed by atoms with Gasteiger partial charge < -0.3 is 14.4 Å². The quantitative estimate of drug-likeness (QED) is 0.737. The van der Waals surface area contributed by atoms with Crippen molar-refractivity contribution >= 4 is 11.3 Å². The molecule has 25 heavy (non-hydrogen) atoms. The first-order valence-corrected chi connectivity index (χ1v) is 9.04. The van der Waals surface area contributed by atoms with Crippen molar-refractivity contribution in [2.75, 3.05) is 6.61 Å². The first-order chi connectivity index (χ1) is 12.2. The number of hydrogen-bond acceptors (Lipinski definition) is 4. The van der Waals surface area contributed by atoms with Crippen molar-refractivity contribution < 1.29 is 9.84 Å². The van der Waals surface area contributed by atoms with E-state index in [1.165, 1.54) is 11.1 Å². The molecule has 3 heterocycles. The van der Waals surface area contributed by atoms with Gasteiger partial charge in [0.05, 0.1) is 9.75 Å². The summed E-state index contributed by atoms with van der Waals surface area (Å²) < 4.78 is 7.93. The fourth-order valence-electron chi connectivity index (χ4n) is 3.08. The van der Waals surface area contributed by atoms with E-state index >= 15 is 0 Å². The number of fused-ring (bicyclic) bond motifs is 1. The lowest BCUT2D eigenvalue weighted by atomic mass is 10.1. The smallest absolute Gasteiger partial charge is 0.150 e. The number of ether oxygens (including phenoxy) is 1. The normalized spacial score (nSPS) is 15.4. The zero-order chi connectivity index (χ0) is 17.2. The Labute approximate surface area is 150 Å². The van der Waals surface area contributed by atoms with E-state index < -0.39 is 0 Å². The SMILES string of the molecule is C[C@@H]1Cc2cc(Cn3ccnc3-c3ccc(C#CCO)s3)ccc2O1. The summed E-state index contributed by atoms with van der Waals surface area (Å²) in [6.45, 7) is 2.75. The number of hydrogen-bond donors (Lipinski definition) is 1. The second-order valence-electron chi connectivity index (χ2n) is 6.08. The van der Waals surface area contributed by atoms with Crippen molar-refractivity contribution in [3.63, 3.8) is 0 Å². The number of aliphatic hydroxyl groups is 1. The molecule has 0 unspecified atom stereocenters. The monoisotopic (exact) mass is 350 g/mol. The van der Waals surface area contributed by atoms with E-state index in [9.17, 15) is 0 Å². The number of nitrogens with zero attached hydrogens (tertiary/aromatic N) is 2. The molecule has 126 valence electrons. The van der Waals surface area contributed by atoms with E-state index in [0.29, 0.717) is 0 Å². The Hall–Kier alpha value is -2.55. The van der Waals surface area contributed by atoms with Crippen LogP contribution in [0.2, 0.25) is 0 Å². The zero-order valence-electron chi connectivity index (χ0n) is 13.9. The van der Waals surface area contributed by atoms with Crippen LogP contribution in [0.4, 0.5) is 0 Å². The largest absolute Gasteiger partial charge is 0.490 e. The molecule has 0 saturated carbocycles. The first-order valence-electron chi connectivity index (χ1n) is 8.22. The Morgan fingerprint density at radius 1 is 1.36 bits per heavy atom. The van der Waals surface area contributed by atoms with Gasteiger partial charge in [0.25, 0.3) is 0 Å². The number of aromatic nitrogens is 2. The first kappa shape index (κ1) is 15.9. The van der Waals surface area contributed by atoms with Crippen LogP contribution < -0.4 is 4.74 Å². The highest BCUT2D eigenvalue weighted by Gasteiger charge is 2.19. The minimum atomic E-state index is -0.122. The molecule has 0 aliphatic carbocycles. The van der Waals surface area contributed by atoms with Crippen molar-refractivity contribution in [2.24, 2.45) is 0 Å². The molecule has 1 aromatic carbocycles. The minimum absolute atomic E-state index is 0.122. The maximum Gasteiger partial charge on any atom is 0.150 e. The van der Waals surface area contributed by atoms with Gasteiger partial charge in [-0.25, -0.2) is 4.98 Å². The lowest BCUT2D eigenvalue weighted by molar-refractivity contribution is 0.254. The Kier molecular flexibility index (Phi) is 4.31. The highest BCUT2D eigenvalue weighted by Crippen LogP contribution is 2.31. The van der Waals surface area contributed by atoms with Crippen molar-refractivity contribution in [2.45, 2.75) is 26.0 Å². The summed E-state index contributed by atoms with van der Waals surface area (Å²) in [6.07, 6.45) is 5.06. The predicted molar refractivity (Wildman–Crippen MR) is 98.8 cm³/mol. The molecular weight excluding hydrogens is 332 g/mol. The fraction of sp³-hybridized carbons (Fsp3) is 0.250. The van der Waals surface area contributed by atoms with Gasteiger partial charge in [-0.05, 0) is 36.2 Å². The molecule has 0 saturated heterocycles. The van der Waals surface area contributed by atoms with Crippen molar-refractivity contribution in [1.82, 2.24) is 9.55 Å². The van der Waals surface area contributed by atoms with Crippen LogP contribution in [0.5, 0.6) is 5.75 Å². The maximum atomic E-state index is 8.82. The molecule has 0 radical (unpaired) electrons. The number of thiophene rings is 1. The number of rotatable bonds is 3. The van der Waals surface area contributed by atoms with Gasteiger partial charge >= 0.3 is 0 Å². The maximum absolute atomic E-state index is 8.82. The van der Waals surface area contributed by atoms with E-state index in [2.05, 4.69) is 46.5 Å². The van der Waals surface area contributed by atoms with Crippen molar-refractivity contribution in [1.29, 1.82) is 0 Å². The zero-order valence-corrected chi connectivity index (χ0v) is 14.7. The van der Waals surface area contributed by atoms with Crippen LogP contribution in [0.15, 0.2) is 42.7 Å². The van der Waals surface area contributed by atoms with E-state index in [4.69, 9.17) is 9.84 Å². The summed E-state index contributed by atoms with van der Waals surface area (Å²) >= 11 is 1.59. The summed E-state index contributed by atoms with van der Waals surface area (Å²) in [5.74, 6) is 7.57. The topological polar surface area (TPSA) is 47.3 Å². The second kappa shape index (κ2) is 6.75. The molecule has 0 amide bonds. The Morgan fingerprint density at radius 2 is 2.28 bits per heavy atom. The molecule has 0 fully saturated rings. The van der Waals surface area contributed by atoms with Crippen LogP contribution in [0.1, 0.15) is 22.9 Å². The van der Waals surface area contributed by atoms with Crippen LogP contribution in [0, 0.1) is 11.8 Å². The van der Waals surface area contributed by atoms with Gasteiger partial charge in [-0.3, -0.25) is 0 Å². The average molecular weight is 350 g/mol. The summed E-state index contributed by atoms with van der Waals surface area (Å²) in [5.41, 5.74) is 2.52. The van der Waals surface area contributed by atoms with Gasteiger partial charge in [0.1, 0.15) is 24.3 Å². The summed E-state index contributed by atoms with van der Waals surface area (Å²) in [5, 5.41) is 8.82. The molecule has 1 atom stereocenters. The molecule has 2 aromatic heterocycles. The van der Waals surface area contributed by atoms with Crippen LogP contribution >= 0.6 is 11.3 Å². The van der Waals surface area contributed by atoms with E-state index in [-0.39, 0.29) is 12.7 Å². The standard InChI is InChI=1S/C20H18N2O2S/c1-14-11-16-12-15(4-6-18(16)24-14)13-22-9-8-21-20(22)19-7-5-17(25-19)3-2-10-23/h4-9,12,14,23H,10-11,13H2,1H3/t14-/m1/s1. The highest BCUT2D eigenvalue weighted by molar-refractivity contribution is 7.15. The third-order valence-corrected chi connectivity index (χ3v) is 5.14. The molecule has 1 N–H and O–H groups in total. The van der Waals surface area contributed by atoms with Crippen LogP contribution in [-0.4, -0.2) is 27.4 Å². The highest BCUT2D eigenvalue weighted by atomic mass is 32.1. The lowest BCUT2D eigenvalue weighted by Crippen LogP contribution is -2.05. The molecule has 0 spiro atoms. The Balaban J connectivity index is 1.58. The average Bonchev–Trinajstić information content (AvgIpc) is 3.31. The fourth-order valence-corrected chi connectivity index (χ4v) is 3.98. The summed E-state index contributed by atoms with van der Waals surface area (Å²) in [4.78, 5) is 6.52. The van der Waals surface area contributed by atoms with E-state index in [0.717, 1.165) is 34.3 Å². The van der Waals surface area contributed by atoms with Gasteiger partial charge in [-0.2, -0.15) is 0 Å². The Bertz CT molecular complexity index is 961. The predicted octanol–water partition coefficient (Wildman–Crippen LogP) is 3.33. The van der Waals surface area contributed by atoms with Gasteiger partial charge in [0, 0.05) is 25.4 Å². The van der Waals surface area contributed by atoms with Crippen molar-refractivity contribution in [3.8, 4) is 28.3 Å². The molecule has 3 aromatic rings. The van der Waals surface area contributed by atoms with Gasteiger partial charge in [-0.1, -0.05) is 24.0 Å². The summed E-state index contributed by atoms with van der Waals surface area (Å²) in [6, 6.07) is 10.4. The van der Waals surface area contributed by atoms with E-state index in [1.54, 1.807) is 11.3 Å². The number of aliphatic hydroxyl groups excluding tert-OH is 1. The molecule has 4 nitrogen and oxygen atoms in total. The third-order valence-electron chi connectivity index (χ3n) is 4.15. The van der Waals surface area contributed by atoms with Crippen LogP contribution in [0.3, 0.4) is 0 Å². The van der Waals surface area contributed by atoms with Crippen LogP contribution in [0.25, 0.3) is 10.7 Å². The number of benzene rings is 1. The van der Waals surface area contributed by atoms with Gasteiger partial charge in [0.15, 0.2) is 0 Å².